The monoisotopic (exact) mass is 379 g/mol. The summed E-state index contributed by atoms with van der Waals surface area (Å²) in [4.78, 5) is 12.3. The number of carbonyl (C=O) groups is 1. The largest absolute Gasteiger partial charge is 0.495 e. The lowest BCUT2D eigenvalue weighted by molar-refractivity contribution is 0.0595. The average Bonchev–Trinajstić information content (AvgIpc) is 3.25. The SMILES string of the molecule is COC(=O)c1nn(-c2ccccc2)c2c(O)n(-c3ccccc3OC)c(O)c12. The smallest absolute Gasteiger partial charge is 0.359 e. The second-order valence-corrected chi connectivity index (χ2v) is 5.97. The van der Waals surface area contributed by atoms with Crippen LogP contribution in [0.3, 0.4) is 0 Å². The molecule has 28 heavy (non-hydrogen) atoms. The molecule has 0 aliphatic carbocycles. The number of hydrogen-bond donors (Lipinski definition) is 2. The van der Waals surface area contributed by atoms with Crippen molar-refractivity contribution in [3.05, 3.63) is 60.3 Å². The van der Waals surface area contributed by atoms with Crippen LogP contribution in [0.25, 0.3) is 22.3 Å². The summed E-state index contributed by atoms with van der Waals surface area (Å²) in [7, 11) is 2.71. The highest BCUT2D eigenvalue weighted by Crippen LogP contribution is 2.43. The van der Waals surface area contributed by atoms with E-state index in [2.05, 4.69) is 5.10 Å². The summed E-state index contributed by atoms with van der Waals surface area (Å²) in [5, 5.41) is 26.3. The second-order valence-electron chi connectivity index (χ2n) is 5.97. The van der Waals surface area contributed by atoms with Crippen molar-refractivity contribution >= 4 is 16.9 Å². The van der Waals surface area contributed by atoms with Crippen LogP contribution in [0.4, 0.5) is 0 Å². The van der Waals surface area contributed by atoms with E-state index in [1.807, 2.05) is 6.07 Å². The first-order chi connectivity index (χ1) is 13.6. The van der Waals surface area contributed by atoms with Crippen LogP contribution in [0.5, 0.6) is 17.5 Å². The van der Waals surface area contributed by atoms with Gasteiger partial charge in [0.05, 0.1) is 25.6 Å². The van der Waals surface area contributed by atoms with Crippen molar-refractivity contribution in [2.75, 3.05) is 14.2 Å². The van der Waals surface area contributed by atoms with Gasteiger partial charge in [-0.1, -0.05) is 30.3 Å². The summed E-state index contributed by atoms with van der Waals surface area (Å²) in [6.07, 6.45) is 0. The zero-order valence-electron chi connectivity index (χ0n) is 15.2. The Morgan fingerprint density at radius 3 is 2.32 bits per heavy atom. The van der Waals surface area contributed by atoms with E-state index in [1.54, 1.807) is 48.5 Å². The molecule has 0 amide bonds. The van der Waals surface area contributed by atoms with Gasteiger partial charge in [0, 0.05) is 0 Å². The van der Waals surface area contributed by atoms with Gasteiger partial charge in [0.15, 0.2) is 5.69 Å². The van der Waals surface area contributed by atoms with Crippen molar-refractivity contribution in [2.45, 2.75) is 0 Å². The van der Waals surface area contributed by atoms with E-state index in [-0.39, 0.29) is 28.4 Å². The van der Waals surface area contributed by atoms with Gasteiger partial charge in [-0.2, -0.15) is 5.10 Å². The van der Waals surface area contributed by atoms with Crippen molar-refractivity contribution in [3.8, 4) is 28.9 Å². The zero-order valence-corrected chi connectivity index (χ0v) is 15.2. The fourth-order valence-electron chi connectivity index (χ4n) is 3.19. The molecular weight excluding hydrogens is 362 g/mol. The number of rotatable bonds is 4. The molecular formula is C20H17N3O5. The van der Waals surface area contributed by atoms with Gasteiger partial charge in [-0.05, 0) is 24.3 Å². The first-order valence-electron chi connectivity index (χ1n) is 8.41. The molecule has 8 heteroatoms. The molecule has 8 nitrogen and oxygen atoms in total. The Kier molecular flexibility index (Phi) is 4.15. The maximum atomic E-state index is 12.3. The normalized spacial score (nSPS) is 10.9. The molecule has 2 aromatic heterocycles. The van der Waals surface area contributed by atoms with Crippen molar-refractivity contribution in [1.29, 1.82) is 0 Å². The molecule has 0 radical (unpaired) electrons. The minimum atomic E-state index is -0.729. The van der Waals surface area contributed by atoms with Gasteiger partial charge in [-0.3, -0.25) is 0 Å². The number of benzene rings is 2. The molecule has 0 aliphatic rings. The number of methoxy groups -OCH3 is 2. The van der Waals surface area contributed by atoms with E-state index < -0.39 is 5.97 Å². The number of hydrogen-bond acceptors (Lipinski definition) is 6. The number of fused-ring (bicyclic) bond motifs is 1. The molecule has 142 valence electrons. The van der Waals surface area contributed by atoms with Crippen LogP contribution < -0.4 is 4.74 Å². The number of nitrogens with zero attached hydrogens (tertiary/aromatic N) is 3. The number of para-hydroxylation sites is 3. The molecule has 4 rings (SSSR count). The van der Waals surface area contributed by atoms with Crippen molar-refractivity contribution < 1.29 is 24.5 Å². The molecule has 2 N–H and O–H groups in total. The molecule has 0 fully saturated rings. The first kappa shape index (κ1) is 17.5. The number of ether oxygens (including phenoxy) is 2. The third-order valence-corrected chi connectivity index (χ3v) is 4.45. The minimum absolute atomic E-state index is 0.0825. The lowest BCUT2D eigenvalue weighted by Gasteiger charge is -2.12. The quantitative estimate of drug-likeness (QED) is 0.529. The van der Waals surface area contributed by atoms with Crippen molar-refractivity contribution in [1.82, 2.24) is 14.3 Å². The summed E-state index contributed by atoms with van der Waals surface area (Å²) in [6.45, 7) is 0. The van der Waals surface area contributed by atoms with Crippen LogP contribution in [0.1, 0.15) is 10.5 Å². The van der Waals surface area contributed by atoms with Gasteiger partial charge < -0.3 is 19.7 Å². The van der Waals surface area contributed by atoms with Gasteiger partial charge >= 0.3 is 5.97 Å². The highest BCUT2D eigenvalue weighted by Gasteiger charge is 2.30. The second kappa shape index (κ2) is 6.66. The summed E-state index contributed by atoms with van der Waals surface area (Å²) in [5.74, 6) is -0.931. The van der Waals surface area contributed by atoms with Gasteiger partial charge in [-0.25, -0.2) is 14.0 Å². The lowest BCUT2D eigenvalue weighted by atomic mass is 10.2. The molecule has 0 unspecified atom stereocenters. The molecule has 0 atom stereocenters. The molecule has 4 aromatic rings. The van der Waals surface area contributed by atoms with E-state index >= 15 is 0 Å². The third kappa shape index (κ3) is 2.46. The molecule has 0 spiro atoms. The number of esters is 1. The Labute approximate surface area is 159 Å². The average molecular weight is 379 g/mol. The van der Waals surface area contributed by atoms with Gasteiger partial charge in [0.1, 0.15) is 16.7 Å². The minimum Gasteiger partial charge on any atom is -0.495 e. The Bertz CT molecular complexity index is 1180. The van der Waals surface area contributed by atoms with E-state index in [1.165, 1.54) is 23.5 Å². The standard InChI is InChI=1S/C20H17N3O5/c1-27-14-11-7-6-10-13(14)22-18(24)15-16(20(26)28-2)21-23(17(15)19(22)25)12-8-4-3-5-9-12/h3-11,24-25H,1-2H3. The topological polar surface area (TPSA) is 98.7 Å². The van der Waals surface area contributed by atoms with Crippen LogP contribution >= 0.6 is 0 Å². The summed E-state index contributed by atoms with van der Waals surface area (Å²) in [5.41, 5.74) is 1.08. The Morgan fingerprint density at radius 2 is 1.64 bits per heavy atom. The molecule has 2 aromatic carbocycles. The first-order valence-corrected chi connectivity index (χ1v) is 8.41. The summed E-state index contributed by atoms with van der Waals surface area (Å²) < 4.78 is 12.7. The lowest BCUT2D eigenvalue weighted by Crippen LogP contribution is -2.06. The van der Waals surface area contributed by atoms with Crippen LogP contribution in [0, 0.1) is 0 Å². The van der Waals surface area contributed by atoms with Crippen molar-refractivity contribution in [2.24, 2.45) is 0 Å². The fourth-order valence-corrected chi connectivity index (χ4v) is 3.19. The maximum absolute atomic E-state index is 12.3. The summed E-state index contributed by atoms with van der Waals surface area (Å²) >= 11 is 0. The predicted molar refractivity (Wildman–Crippen MR) is 102 cm³/mol. The Hall–Kier alpha value is -3.94. The zero-order chi connectivity index (χ0) is 19.8. The van der Waals surface area contributed by atoms with Gasteiger partial charge in [0.25, 0.3) is 0 Å². The Morgan fingerprint density at radius 1 is 0.964 bits per heavy atom. The van der Waals surface area contributed by atoms with E-state index in [0.29, 0.717) is 17.1 Å². The van der Waals surface area contributed by atoms with Gasteiger partial charge in [0.2, 0.25) is 11.8 Å². The molecule has 0 aliphatic heterocycles. The van der Waals surface area contributed by atoms with Crippen LogP contribution in [0.2, 0.25) is 0 Å². The van der Waals surface area contributed by atoms with E-state index in [9.17, 15) is 15.0 Å². The fraction of sp³-hybridized carbons (Fsp3) is 0.100. The molecule has 0 bridgehead atoms. The molecule has 0 saturated carbocycles. The number of aromatic hydroxyl groups is 2. The highest BCUT2D eigenvalue weighted by molar-refractivity contribution is 6.07. The van der Waals surface area contributed by atoms with Gasteiger partial charge in [-0.15, -0.1) is 0 Å². The van der Waals surface area contributed by atoms with Crippen LogP contribution in [0.15, 0.2) is 54.6 Å². The molecule has 0 saturated heterocycles. The van der Waals surface area contributed by atoms with Crippen LogP contribution in [-0.2, 0) is 4.74 Å². The van der Waals surface area contributed by atoms with E-state index in [0.717, 1.165) is 0 Å². The Balaban J connectivity index is 2.11. The maximum Gasteiger partial charge on any atom is 0.359 e. The van der Waals surface area contributed by atoms with Crippen LogP contribution in [-0.4, -0.2) is 44.7 Å². The van der Waals surface area contributed by atoms with Crippen molar-refractivity contribution in [3.63, 3.8) is 0 Å². The highest BCUT2D eigenvalue weighted by atomic mass is 16.5. The third-order valence-electron chi connectivity index (χ3n) is 4.45. The molecule has 2 heterocycles. The predicted octanol–water partition coefficient (Wildman–Crippen LogP) is 3.02. The summed E-state index contributed by atoms with van der Waals surface area (Å²) in [6, 6.07) is 15.9. The van der Waals surface area contributed by atoms with E-state index in [4.69, 9.17) is 9.47 Å². The number of aromatic nitrogens is 3. The number of carbonyl (C=O) groups excluding carboxylic acids is 1.